The Bertz CT molecular complexity index is 1070. The number of carbonyl (C=O) groups is 2. The van der Waals surface area contributed by atoms with Crippen molar-refractivity contribution in [2.75, 3.05) is 13.7 Å². The highest BCUT2D eigenvalue weighted by atomic mass is 32.2. The monoisotopic (exact) mass is 460 g/mol. The number of ether oxygens (including phenoxy) is 1. The third kappa shape index (κ3) is 5.95. The molecule has 1 amide bonds. The Hall–Kier alpha value is -2.71. The van der Waals surface area contributed by atoms with E-state index in [1.54, 1.807) is 13.8 Å². The third-order valence-electron chi connectivity index (χ3n) is 5.98. The highest BCUT2D eigenvalue weighted by Gasteiger charge is 2.24. The van der Waals surface area contributed by atoms with Gasteiger partial charge < -0.3 is 10.1 Å². The number of benzene rings is 2. The minimum atomic E-state index is -3.79. The van der Waals surface area contributed by atoms with Gasteiger partial charge in [-0.25, -0.2) is 13.1 Å². The van der Waals surface area contributed by atoms with Crippen molar-refractivity contribution in [2.24, 2.45) is 0 Å². The standard InChI is InChI=1S/C24H32N2O5S/c1-15-16(2)18(4)24(19(5)17(15)3)32(29,30)25-13-12-22(27)26-21(14-23(28)31-6)20-10-8-7-9-11-20/h7-11,21,25H,12-14H2,1-6H3,(H,26,27). The normalized spacial score (nSPS) is 12.3. The number of rotatable bonds is 9. The van der Waals surface area contributed by atoms with Crippen LogP contribution in [0.5, 0.6) is 0 Å². The van der Waals surface area contributed by atoms with Crippen LogP contribution in [0.25, 0.3) is 0 Å². The number of carbonyl (C=O) groups excluding carboxylic acids is 2. The average molecular weight is 461 g/mol. The zero-order chi connectivity index (χ0) is 24.1. The molecule has 0 aromatic heterocycles. The molecule has 0 spiro atoms. The summed E-state index contributed by atoms with van der Waals surface area (Å²) in [5.41, 5.74) is 5.16. The van der Waals surface area contributed by atoms with E-state index in [0.29, 0.717) is 11.1 Å². The van der Waals surface area contributed by atoms with Gasteiger partial charge in [0.25, 0.3) is 0 Å². The average Bonchev–Trinajstić information content (AvgIpc) is 2.76. The summed E-state index contributed by atoms with van der Waals surface area (Å²) < 4.78 is 33.3. The molecule has 1 unspecified atom stereocenters. The lowest BCUT2D eigenvalue weighted by Gasteiger charge is -2.20. The van der Waals surface area contributed by atoms with E-state index in [9.17, 15) is 18.0 Å². The second-order valence-corrected chi connectivity index (χ2v) is 9.62. The molecule has 7 nitrogen and oxygen atoms in total. The van der Waals surface area contributed by atoms with Gasteiger partial charge in [0.15, 0.2) is 0 Å². The van der Waals surface area contributed by atoms with Gasteiger partial charge in [-0.1, -0.05) is 30.3 Å². The lowest BCUT2D eigenvalue weighted by atomic mass is 9.95. The SMILES string of the molecule is COC(=O)CC(NC(=O)CCNS(=O)(=O)c1c(C)c(C)c(C)c(C)c1C)c1ccccc1. The van der Waals surface area contributed by atoms with E-state index >= 15 is 0 Å². The van der Waals surface area contributed by atoms with Crippen LogP contribution < -0.4 is 10.0 Å². The fourth-order valence-corrected chi connectivity index (χ4v) is 5.32. The van der Waals surface area contributed by atoms with Crippen molar-refractivity contribution in [3.63, 3.8) is 0 Å². The molecule has 0 heterocycles. The lowest BCUT2D eigenvalue weighted by molar-refractivity contribution is -0.141. The number of nitrogens with one attached hydrogen (secondary N) is 2. The number of hydrogen-bond acceptors (Lipinski definition) is 5. The van der Waals surface area contributed by atoms with E-state index in [0.717, 1.165) is 22.3 Å². The maximum Gasteiger partial charge on any atom is 0.307 e. The fourth-order valence-electron chi connectivity index (χ4n) is 3.69. The molecule has 0 bridgehead atoms. The zero-order valence-corrected chi connectivity index (χ0v) is 20.4. The maximum absolute atomic E-state index is 13.0. The first kappa shape index (κ1) is 25.5. The van der Waals surface area contributed by atoms with Crippen molar-refractivity contribution >= 4 is 21.9 Å². The van der Waals surface area contributed by atoms with Crippen molar-refractivity contribution in [1.82, 2.24) is 10.0 Å². The van der Waals surface area contributed by atoms with Crippen LogP contribution >= 0.6 is 0 Å². The summed E-state index contributed by atoms with van der Waals surface area (Å²) in [6.45, 7) is 9.35. The maximum atomic E-state index is 13.0. The molecule has 174 valence electrons. The Morgan fingerprint density at radius 1 is 0.906 bits per heavy atom. The van der Waals surface area contributed by atoms with Crippen LogP contribution in [0.1, 0.15) is 52.3 Å². The summed E-state index contributed by atoms with van der Waals surface area (Å²) in [6.07, 6.45) is -0.0794. The predicted octanol–water partition coefficient (Wildman–Crippen LogP) is 3.32. The third-order valence-corrected chi connectivity index (χ3v) is 7.71. The number of methoxy groups -OCH3 is 1. The Morgan fingerprint density at radius 2 is 1.44 bits per heavy atom. The molecule has 0 radical (unpaired) electrons. The highest BCUT2D eigenvalue weighted by molar-refractivity contribution is 7.89. The van der Waals surface area contributed by atoms with Crippen molar-refractivity contribution < 1.29 is 22.7 Å². The molecule has 0 fully saturated rings. The lowest BCUT2D eigenvalue weighted by Crippen LogP contribution is -2.34. The Kier molecular flexibility index (Phi) is 8.58. The molecule has 32 heavy (non-hydrogen) atoms. The summed E-state index contributed by atoms with van der Waals surface area (Å²) in [5, 5.41) is 2.80. The quantitative estimate of drug-likeness (QED) is 0.559. The smallest absolute Gasteiger partial charge is 0.307 e. The number of amides is 1. The van der Waals surface area contributed by atoms with Gasteiger partial charge in [-0.05, 0) is 68.0 Å². The van der Waals surface area contributed by atoms with E-state index in [2.05, 4.69) is 10.0 Å². The Morgan fingerprint density at radius 3 is 1.97 bits per heavy atom. The Labute approximate surface area is 190 Å². The van der Waals surface area contributed by atoms with E-state index in [1.807, 2.05) is 51.1 Å². The molecule has 2 N–H and O–H groups in total. The summed E-state index contributed by atoms with van der Waals surface area (Å²) in [7, 11) is -2.50. The molecule has 0 saturated carbocycles. The molecular weight excluding hydrogens is 428 g/mol. The van der Waals surface area contributed by atoms with E-state index in [4.69, 9.17) is 4.74 Å². The van der Waals surface area contributed by atoms with Crippen LogP contribution in [-0.4, -0.2) is 33.9 Å². The molecule has 2 rings (SSSR count). The molecule has 2 aromatic carbocycles. The summed E-state index contributed by atoms with van der Waals surface area (Å²) >= 11 is 0. The molecule has 1 atom stereocenters. The molecule has 8 heteroatoms. The van der Waals surface area contributed by atoms with Gasteiger partial charge in [-0.2, -0.15) is 0 Å². The summed E-state index contributed by atoms with van der Waals surface area (Å²) in [5.74, 6) is -0.814. The molecule has 0 aliphatic rings. The number of esters is 1. The van der Waals surface area contributed by atoms with Crippen LogP contribution in [-0.2, 0) is 24.3 Å². The van der Waals surface area contributed by atoms with Crippen LogP contribution in [0.15, 0.2) is 35.2 Å². The topological polar surface area (TPSA) is 102 Å². The van der Waals surface area contributed by atoms with Crippen LogP contribution in [0.3, 0.4) is 0 Å². The van der Waals surface area contributed by atoms with Gasteiger partial charge >= 0.3 is 5.97 Å². The first-order valence-electron chi connectivity index (χ1n) is 10.5. The molecular formula is C24H32N2O5S. The summed E-state index contributed by atoms with van der Waals surface area (Å²) in [6, 6.07) is 8.54. The molecule has 0 saturated heterocycles. The van der Waals surface area contributed by atoms with Crippen LogP contribution in [0.2, 0.25) is 0 Å². The van der Waals surface area contributed by atoms with Crippen molar-refractivity contribution in [3.8, 4) is 0 Å². The van der Waals surface area contributed by atoms with Gasteiger partial charge in [0, 0.05) is 13.0 Å². The van der Waals surface area contributed by atoms with Gasteiger partial charge in [0.2, 0.25) is 15.9 Å². The van der Waals surface area contributed by atoms with Crippen molar-refractivity contribution in [3.05, 3.63) is 63.7 Å². The molecule has 0 aliphatic carbocycles. The second kappa shape index (κ2) is 10.7. The van der Waals surface area contributed by atoms with Crippen LogP contribution in [0.4, 0.5) is 0 Å². The highest BCUT2D eigenvalue weighted by Crippen LogP contribution is 2.29. The zero-order valence-electron chi connectivity index (χ0n) is 19.5. The molecule has 2 aromatic rings. The minimum Gasteiger partial charge on any atom is -0.469 e. The second-order valence-electron chi connectivity index (χ2n) is 7.91. The number of sulfonamides is 1. The first-order valence-corrected chi connectivity index (χ1v) is 12.0. The van der Waals surface area contributed by atoms with E-state index in [-0.39, 0.29) is 30.2 Å². The van der Waals surface area contributed by atoms with Crippen molar-refractivity contribution in [2.45, 2.75) is 58.4 Å². The summed E-state index contributed by atoms with van der Waals surface area (Å²) in [4.78, 5) is 24.5. The number of hydrogen-bond donors (Lipinski definition) is 2. The van der Waals surface area contributed by atoms with Crippen molar-refractivity contribution in [1.29, 1.82) is 0 Å². The molecule has 0 aliphatic heterocycles. The Balaban J connectivity index is 2.09. The largest absolute Gasteiger partial charge is 0.469 e. The first-order chi connectivity index (χ1) is 15.0. The predicted molar refractivity (Wildman–Crippen MR) is 124 cm³/mol. The van der Waals surface area contributed by atoms with E-state index in [1.165, 1.54) is 7.11 Å². The minimum absolute atomic E-state index is 0.0156. The fraction of sp³-hybridized carbons (Fsp3) is 0.417. The van der Waals surface area contributed by atoms with Gasteiger partial charge in [0.05, 0.1) is 24.5 Å². The van der Waals surface area contributed by atoms with Gasteiger partial charge in [-0.3, -0.25) is 9.59 Å². The van der Waals surface area contributed by atoms with Gasteiger partial charge in [-0.15, -0.1) is 0 Å². The van der Waals surface area contributed by atoms with Crippen LogP contribution in [0, 0.1) is 34.6 Å². The van der Waals surface area contributed by atoms with Gasteiger partial charge in [0.1, 0.15) is 0 Å². The van der Waals surface area contributed by atoms with E-state index < -0.39 is 22.0 Å².